The quantitative estimate of drug-likeness (QED) is 0.252. The molecule has 3 aromatic heterocycles. The number of hydrogen-bond donors (Lipinski definition) is 1. The molecule has 1 atom stereocenters. The minimum absolute atomic E-state index is 0.0887. The lowest BCUT2D eigenvalue weighted by molar-refractivity contribution is 1.09. The van der Waals surface area contributed by atoms with Gasteiger partial charge in [-0.3, -0.25) is 4.40 Å². The van der Waals surface area contributed by atoms with Gasteiger partial charge in [-0.25, -0.2) is 4.99 Å². The third-order valence-corrected chi connectivity index (χ3v) is 8.90. The van der Waals surface area contributed by atoms with Crippen molar-refractivity contribution in [1.82, 2.24) is 4.40 Å². The van der Waals surface area contributed by atoms with Crippen LogP contribution in [0.25, 0.3) is 58.5 Å². The molecule has 4 heterocycles. The minimum atomic E-state index is 0.0887. The molecule has 3 nitrogen and oxygen atoms in total. The number of fused-ring (bicyclic) bond motifs is 11. The lowest BCUT2D eigenvalue weighted by Gasteiger charge is -2.23. The average Bonchev–Trinajstić information content (AvgIpc) is 3.58. The number of allylic oxidation sites excluding steroid dienone is 2. The Morgan fingerprint density at radius 2 is 1.56 bits per heavy atom. The van der Waals surface area contributed by atoms with Gasteiger partial charge in [-0.15, -0.1) is 11.3 Å². The van der Waals surface area contributed by atoms with Gasteiger partial charge in [-0.05, 0) is 35.4 Å². The zero-order valence-electron chi connectivity index (χ0n) is 19.2. The maximum Gasteiger partial charge on any atom is 0.139 e. The Hall–Kier alpha value is -4.41. The summed E-state index contributed by atoms with van der Waals surface area (Å²) in [5.41, 5.74) is 7.09. The standard InChI is InChI=1S/C32H19N3S/c1-2-8-18(9-3-1)19-16-23-21-14-15-22-20-10-4-7-13-27(20)36-31(22)30(21)35-29(23)24(17-19)28-32(35)34-26-12-6-5-11-25(26)33-28/h1-17,26,34H. The first kappa shape index (κ1) is 18.9. The van der Waals surface area contributed by atoms with Crippen LogP contribution in [0.5, 0.6) is 0 Å². The highest BCUT2D eigenvalue weighted by Crippen LogP contribution is 2.50. The maximum absolute atomic E-state index is 5.22. The van der Waals surface area contributed by atoms with Crippen molar-refractivity contribution in [1.29, 1.82) is 0 Å². The van der Waals surface area contributed by atoms with E-state index in [9.17, 15) is 0 Å². The zero-order chi connectivity index (χ0) is 23.4. The summed E-state index contributed by atoms with van der Waals surface area (Å²) in [6.07, 6.45) is 8.49. The fourth-order valence-electron chi connectivity index (χ4n) is 6.12. The topological polar surface area (TPSA) is 28.8 Å². The summed E-state index contributed by atoms with van der Waals surface area (Å²) in [5, 5.41) is 10.3. The Balaban J connectivity index is 1.51. The lowest BCUT2D eigenvalue weighted by atomic mass is 9.99. The number of benzene rings is 4. The monoisotopic (exact) mass is 477 g/mol. The zero-order valence-corrected chi connectivity index (χ0v) is 20.0. The van der Waals surface area contributed by atoms with Crippen LogP contribution in [0.1, 0.15) is 0 Å². The van der Waals surface area contributed by atoms with E-state index in [1.807, 2.05) is 11.3 Å². The number of hydrogen-bond acceptors (Lipinski definition) is 3. The van der Waals surface area contributed by atoms with Crippen LogP contribution >= 0.6 is 11.3 Å². The SMILES string of the molecule is C1=CC2=Nc3c(n4c5c3cc(-c3ccccc3)cc5c3ccc5c6ccccc6sc5c34)NC2C=C1. The summed E-state index contributed by atoms with van der Waals surface area (Å²) in [7, 11) is 0. The molecule has 0 saturated heterocycles. The lowest BCUT2D eigenvalue weighted by Crippen LogP contribution is -2.30. The largest absolute Gasteiger partial charge is 0.357 e. The molecule has 0 amide bonds. The van der Waals surface area contributed by atoms with Crippen molar-refractivity contribution in [3.63, 3.8) is 0 Å². The average molecular weight is 478 g/mol. The summed E-state index contributed by atoms with van der Waals surface area (Å²) in [4.78, 5) is 5.22. The molecule has 1 N–H and O–H groups in total. The van der Waals surface area contributed by atoms with Gasteiger partial charge in [0, 0.05) is 31.6 Å². The van der Waals surface area contributed by atoms with Crippen LogP contribution in [-0.2, 0) is 0 Å². The molecule has 1 unspecified atom stereocenters. The van der Waals surface area contributed by atoms with E-state index in [1.54, 1.807) is 0 Å². The number of aliphatic imine (C=N–C) groups is 1. The highest BCUT2D eigenvalue weighted by atomic mass is 32.1. The van der Waals surface area contributed by atoms with E-state index in [1.165, 1.54) is 58.5 Å². The van der Waals surface area contributed by atoms with E-state index >= 15 is 0 Å². The van der Waals surface area contributed by atoms with Crippen molar-refractivity contribution in [2.45, 2.75) is 6.04 Å². The van der Waals surface area contributed by atoms with Gasteiger partial charge in [-0.1, -0.05) is 78.9 Å². The van der Waals surface area contributed by atoms with Crippen LogP contribution < -0.4 is 5.32 Å². The maximum atomic E-state index is 5.22. The molecule has 0 fully saturated rings. The molecule has 9 rings (SSSR count). The number of nitrogens with one attached hydrogen (secondary N) is 1. The normalized spacial score (nSPS) is 16.8. The van der Waals surface area contributed by atoms with E-state index < -0.39 is 0 Å². The van der Waals surface area contributed by atoms with Crippen molar-refractivity contribution in [3.05, 3.63) is 103 Å². The van der Waals surface area contributed by atoms with Gasteiger partial charge < -0.3 is 5.32 Å². The Morgan fingerprint density at radius 1 is 0.722 bits per heavy atom. The van der Waals surface area contributed by atoms with Gasteiger partial charge in [0.25, 0.3) is 0 Å². The van der Waals surface area contributed by atoms with E-state index in [0.717, 1.165) is 17.2 Å². The second kappa shape index (κ2) is 6.62. The second-order valence-electron chi connectivity index (χ2n) is 9.66. The third kappa shape index (κ3) is 2.30. The Bertz CT molecular complexity index is 2120. The predicted octanol–water partition coefficient (Wildman–Crippen LogP) is 8.71. The Morgan fingerprint density at radius 3 is 2.50 bits per heavy atom. The van der Waals surface area contributed by atoms with Gasteiger partial charge in [-0.2, -0.15) is 0 Å². The second-order valence-corrected chi connectivity index (χ2v) is 10.7. The Labute approximate surface area is 210 Å². The highest BCUT2D eigenvalue weighted by Gasteiger charge is 2.29. The molecule has 0 radical (unpaired) electrons. The van der Waals surface area contributed by atoms with Crippen molar-refractivity contribution in [2.24, 2.45) is 4.99 Å². The van der Waals surface area contributed by atoms with Crippen LogP contribution in [-0.4, -0.2) is 16.2 Å². The van der Waals surface area contributed by atoms with Gasteiger partial charge in [0.2, 0.25) is 0 Å². The molecule has 0 spiro atoms. The number of anilines is 1. The highest BCUT2D eigenvalue weighted by molar-refractivity contribution is 7.26. The molecule has 7 aromatic rings. The smallest absolute Gasteiger partial charge is 0.139 e. The van der Waals surface area contributed by atoms with Gasteiger partial charge in [0.1, 0.15) is 11.5 Å². The minimum Gasteiger partial charge on any atom is -0.357 e. The predicted molar refractivity (Wildman–Crippen MR) is 155 cm³/mol. The van der Waals surface area contributed by atoms with E-state index in [4.69, 9.17) is 4.99 Å². The number of aromatic nitrogens is 1. The third-order valence-electron chi connectivity index (χ3n) is 7.71. The van der Waals surface area contributed by atoms with Crippen LogP contribution in [0, 0.1) is 0 Å². The first-order chi connectivity index (χ1) is 17.8. The first-order valence-corrected chi connectivity index (χ1v) is 13.1. The summed E-state index contributed by atoms with van der Waals surface area (Å²) in [5.74, 6) is 1.09. The molecule has 1 aliphatic heterocycles. The molecule has 1 aliphatic carbocycles. The summed E-state index contributed by atoms with van der Waals surface area (Å²) in [6, 6.07) is 28.8. The van der Waals surface area contributed by atoms with Crippen LogP contribution in [0.2, 0.25) is 0 Å². The van der Waals surface area contributed by atoms with Gasteiger partial charge >= 0.3 is 0 Å². The van der Waals surface area contributed by atoms with Crippen molar-refractivity contribution in [3.8, 4) is 11.1 Å². The van der Waals surface area contributed by atoms with Gasteiger partial charge in [0.15, 0.2) is 0 Å². The summed E-state index contributed by atoms with van der Waals surface area (Å²) < 4.78 is 5.11. The number of nitrogens with zero attached hydrogens (tertiary/aromatic N) is 2. The fraction of sp³-hybridized carbons (Fsp3) is 0.0312. The van der Waals surface area contributed by atoms with E-state index in [-0.39, 0.29) is 6.04 Å². The van der Waals surface area contributed by atoms with Gasteiger partial charge in [0.05, 0.1) is 27.5 Å². The van der Waals surface area contributed by atoms with Crippen molar-refractivity contribution < 1.29 is 0 Å². The van der Waals surface area contributed by atoms with Crippen molar-refractivity contribution >= 4 is 75.9 Å². The molecule has 4 heteroatoms. The molecule has 0 bridgehead atoms. The van der Waals surface area contributed by atoms with E-state index in [2.05, 4.69) is 113 Å². The molecule has 168 valence electrons. The first-order valence-electron chi connectivity index (χ1n) is 12.3. The summed E-state index contributed by atoms with van der Waals surface area (Å²) in [6.45, 7) is 0. The number of thiophene rings is 1. The van der Waals surface area contributed by atoms with Crippen LogP contribution in [0.4, 0.5) is 11.5 Å². The molecule has 4 aromatic carbocycles. The molecular weight excluding hydrogens is 458 g/mol. The molecular formula is C32H19N3S. The molecule has 2 aliphatic rings. The van der Waals surface area contributed by atoms with Crippen LogP contribution in [0.15, 0.2) is 108 Å². The fourth-order valence-corrected chi connectivity index (χ4v) is 7.36. The molecule has 0 saturated carbocycles. The van der Waals surface area contributed by atoms with E-state index in [0.29, 0.717) is 0 Å². The van der Waals surface area contributed by atoms with Crippen molar-refractivity contribution in [2.75, 3.05) is 5.32 Å². The Kier molecular flexibility index (Phi) is 3.47. The summed E-state index contributed by atoms with van der Waals surface area (Å²) >= 11 is 1.89. The number of rotatable bonds is 1. The van der Waals surface area contributed by atoms with Crippen LogP contribution in [0.3, 0.4) is 0 Å². The molecule has 36 heavy (non-hydrogen) atoms.